The molecule has 1 amide bonds. The van der Waals surface area contributed by atoms with Crippen LogP contribution in [0, 0.1) is 0 Å². The van der Waals surface area contributed by atoms with Crippen LogP contribution in [-0.2, 0) is 6.18 Å². The van der Waals surface area contributed by atoms with Gasteiger partial charge in [0.1, 0.15) is 5.75 Å². The molecule has 5 nitrogen and oxygen atoms in total. The maximum Gasteiger partial charge on any atom is 0.416 e. The summed E-state index contributed by atoms with van der Waals surface area (Å²) >= 11 is 0. The first-order valence-corrected chi connectivity index (χ1v) is 8.33. The molecule has 2 rings (SSSR count). The quantitative estimate of drug-likeness (QED) is 0.615. The molecule has 0 atom stereocenters. The number of anilines is 1. The molecule has 0 bridgehead atoms. The zero-order valence-electron chi connectivity index (χ0n) is 15.6. The molecule has 2 aromatic carbocycles. The molecule has 0 aromatic heterocycles. The van der Waals surface area contributed by atoms with Crippen molar-refractivity contribution in [2.45, 2.75) is 32.7 Å². The standard InChI is InChI=1S/C19H18F5NO4/c1-10(2)28-14-7-5-12(19(22,23)24)9-13(14)25-17(26)11-4-6-15(29-18(20)21)16(8-11)27-3/h4-10,18H,1-3H3,(H,25,26). The highest BCUT2D eigenvalue weighted by Crippen LogP contribution is 2.36. The van der Waals surface area contributed by atoms with Crippen LogP contribution < -0.4 is 19.5 Å². The molecule has 2 aromatic rings. The van der Waals surface area contributed by atoms with Gasteiger partial charge in [-0.25, -0.2) is 0 Å². The molecule has 29 heavy (non-hydrogen) atoms. The van der Waals surface area contributed by atoms with Gasteiger partial charge in [-0.3, -0.25) is 4.79 Å². The number of ether oxygens (including phenoxy) is 3. The van der Waals surface area contributed by atoms with Crippen LogP contribution >= 0.6 is 0 Å². The third-order valence-corrected chi connectivity index (χ3v) is 3.56. The summed E-state index contributed by atoms with van der Waals surface area (Å²) < 4.78 is 78.5. The fourth-order valence-corrected chi connectivity index (χ4v) is 2.36. The SMILES string of the molecule is COc1cc(C(=O)Nc2cc(C(F)(F)F)ccc2OC(C)C)ccc1OC(F)F. The highest BCUT2D eigenvalue weighted by atomic mass is 19.4. The van der Waals surface area contributed by atoms with Crippen molar-refractivity contribution in [2.75, 3.05) is 12.4 Å². The van der Waals surface area contributed by atoms with E-state index in [1.165, 1.54) is 13.2 Å². The zero-order chi connectivity index (χ0) is 21.8. The summed E-state index contributed by atoms with van der Waals surface area (Å²) in [5, 5.41) is 2.35. The van der Waals surface area contributed by atoms with Gasteiger partial charge in [0.25, 0.3) is 5.91 Å². The Bertz CT molecular complexity index is 868. The van der Waals surface area contributed by atoms with Gasteiger partial charge in [-0.1, -0.05) is 0 Å². The average Bonchev–Trinajstić information content (AvgIpc) is 2.61. The minimum Gasteiger partial charge on any atom is -0.493 e. The third kappa shape index (κ3) is 5.97. The van der Waals surface area contributed by atoms with E-state index in [1.807, 2.05) is 0 Å². The van der Waals surface area contributed by atoms with E-state index < -0.39 is 24.3 Å². The van der Waals surface area contributed by atoms with Crippen LogP contribution in [0.3, 0.4) is 0 Å². The van der Waals surface area contributed by atoms with Gasteiger partial charge in [-0.05, 0) is 50.2 Å². The molecule has 0 heterocycles. The van der Waals surface area contributed by atoms with Gasteiger partial charge in [0.05, 0.1) is 24.5 Å². The number of benzene rings is 2. The normalized spacial score (nSPS) is 11.5. The fraction of sp³-hybridized carbons (Fsp3) is 0.316. The molecule has 0 radical (unpaired) electrons. The molecule has 0 spiro atoms. The number of halogens is 5. The Kier molecular flexibility index (Phi) is 6.89. The van der Waals surface area contributed by atoms with Gasteiger partial charge in [-0.15, -0.1) is 0 Å². The summed E-state index contributed by atoms with van der Waals surface area (Å²) in [4.78, 5) is 12.5. The first-order valence-electron chi connectivity index (χ1n) is 8.33. The number of nitrogens with one attached hydrogen (secondary N) is 1. The molecule has 0 fully saturated rings. The van der Waals surface area contributed by atoms with Crippen LogP contribution in [0.25, 0.3) is 0 Å². The molecule has 0 aliphatic rings. The molecule has 0 saturated heterocycles. The van der Waals surface area contributed by atoms with E-state index in [0.29, 0.717) is 0 Å². The number of rotatable bonds is 7. The summed E-state index contributed by atoms with van der Waals surface area (Å²) in [7, 11) is 1.19. The lowest BCUT2D eigenvalue weighted by Crippen LogP contribution is -2.16. The van der Waals surface area contributed by atoms with Crippen LogP contribution in [0.15, 0.2) is 36.4 Å². The van der Waals surface area contributed by atoms with Crippen LogP contribution in [0.4, 0.5) is 27.6 Å². The highest BCUT2D eigenvalue weighted by Gasteiger charge is 2.31. The molecule has 0 aliphatic heterocycles. The number of alkyl halides is 5. The van der Waals surface area contributed by atoms with E-state index in [9.17, 15) is 26.7 Å². The van der Waals surface area contributed by atoms with Crippen molar-refractivity contribution in [1.82, 2.24) is 0 Å². The van der Waals surface area contributed by atoms with Crippen molar-refractivity contribution in [3.05, 3.63) is 47.5 Å². The minimum atomic E-state index is -4.62. The maximum absolute atomic E-state index is 13.0. The van der Waals surface area contributed by atoms with E-state index in [2.05, 4.69) is 10.1 Å². The second-order valence-corrected chi connectivity index (χ2v) is 6.07. The van der Waals surface area contributed by atoms with Crippen LogP contribution in [0.2, 0.25) is 0 Å². The first-order chi connectivity index (χ1) is 13.5. The van der Waals surface area contributed by atoms with Gasteiger partial charge < -0.3 is 19.5 Å². The summed E-state index contributed by atoms with van der Waals surface area (Å²) in [6, 6.07) is 6.10. The Hall–Kier alpha value is -3.04. The Balaban J connectivity index is 2.35. The monoisotopic (exact) mass is 419 g/mol. The van der Waals surface area contributed by atoms with Crippen molar-refractivity contribution in [2.24, 2.45) is 0 Å². The second-order valence-electron chi connectivity index (χ2n) is 6.07. The van der Waals surface area contributed by atoms with Gasteiger partial charge in [-0.2, -0.15) is 22.0 Å². The summed E-state index contributed by atoms with van der Waals surface area (Å²) in [6.45, 7) is 0.260. The largest absolute Gasteiger partial charge is 0.493 e. The van der Waals surface area contributed by atoms with E-state index in [0.717, 1.165) is 30.3 Å². The van der Waals surface area contributed by atoms with Gasteiger partial charge >= 0.3 is 12.8 Å². The van der Waals surface area contributed by atoms with E-state index in [1.54, 1.807) is 13.8 Å². The van der Waals surface area contributed by atoms with Crippen molar-refractivity contribution in [1.29, 1.82) is 0 Å². The Labute approximate surface area is 163 Å². The van der Waals surface area contributed by atoms with Crippen LogP contribution in [0.1, 0.15) is 29.8 Å². The summed E-state index contributed by atoms with van der Waals surface area (Å²) in [5.41, 5.74) is -1.20. The van der Waals surface area contributed by atoms with E-state index >= 15 is 0 Å². The van der Waals surface area contributed by atoms with Gasteiger partial charge in [0, 0.05) is 5.56 Å². The number of hydrogen-bond donors (Lipinski definition) is 1. The first kappa shape index (κ1) is 22.3. The minimum absolute atomic E-state index is 0.0450. The average molecular weight is 419 g/mol. The van der Waals surface area contributed by atoms with Crippen molar-refractivity contribution in [3.63, 3.8) is 0 Å². The van der Waals surface area contributed by atoms with Crippen LogP contribution in [0.5, 0.6) is 17.2 Å². The molecule has 1 N–H and O–H groups in total. The smallest absolute Gasteiger partial charge is 0.416 e. The fourth-order valence-electron chi connectivity index (χ4n) is 2.36. The molecule has 158 valence electrons. The summed E-state index contributed by atoms with van der Waals surface area (Å²) in [5.74, 6) is -1.17. The molecule has 0 unspecified atom stereocenters. The maximum atomic E-state index is 13.0. The van der Waals surface area contributed by atoms with Crippen molar-refractivity contribution >= 4 is 11.6 Å². The zero-order valence-corrected chi connectivity index (χ0v) is 15.6. The highest BCUT2D eigenvalue weighted by molar-refractivity contribution is 6.05. The Morgan fingerprint density at radius 1 is 0.966 bits per heavy atom. The lowest BCUT2D eigenvalue weighted by Gasteiger charge is -2.17. The molecular formula is C19H18F5NO4. The third-order valence-electron chi connectivity index (χ3n) is 3.56. The second kappa shape index (κ2) is 8.97. The Morgan fingerprint density at radius 3 is 2.17 bits per heavy atom. The molecular weight excluding hydrogens is 401 g/mol. The molecule has 0 saturated carbocycles. The number of amides is 1. The lowest BCUT2D eigenvalue weighted by molar-refractivity contribution is -0.137. The Morgan fingerprint density at radius 2 is 1.62 bits per heavy atom. The predicted molar refractivity (Wildman–Crippen MR) is 94.8 cm³/mol. The summed E-state index contributed by atoms with van der Waals surface area (Å²) in [6.07, 6.45) is -4.97. The number of hydrogen-bond acceptors (Lipinski definition) is 4. The molecule has 10 heteroatoms. The number of methoxy groups -OCH3 is 1. The predicted octanol–water partition coefficient (Wildman–Crippen LogP) is 5.35. The van der Waals surface area contributed by atoms with E-state index in [4.69, 9.17) is 9.47 Å². The number of carbonyl (C=O) groups is 1. The number of carbonyl (C=O) groups excluding carboxylic acids is 1. The van der Waals surface area contributed by atoms with Gasteiger partial charge in [0.15, 0.2) is 11.5 Å². The topological polar surface area (TPSA) is 56.8 Å². The van der Waals surface area contributed by atoms with Crippen molar-refractivity contribution in [3.8, 4) is 17.2 Å². The lowest BCUT2D eigenvalue weighted by atomic mass is 10.1. The van der Waals surface area contributed by atoms with E-state index in [-0.39, 0.29) is 34.6 Å². The van der Waals surface area contributed by atoms with Crippen LogP contribution in [-0.4, -0.2) is 25.7 Å². The van der Waals surface area contributed by atoms with Crippen molar-refractivity contribution < 1.29 is 41.0 Å². The van der Waals surface area contributed by atoms with Gasteiger partial charge in [0.2, 0.25) is 0 Å². The molecule has 0 aliphatic carbocycles.